The molecule has 0 saturated heterocycles. The first-order chi connectivity index (χ1) is 1.91. The third-order valence-electron chi connectivity index (χ3n) is 0.0913. The summed E-state index contributed by atoms with van der Waals surface area (Å²) in [5, 5.41) is 11.0. The predicted molar refractivity (Wildman–Crippen MR) is 16.3 cm³/mol. The molecule has 2 nitrogen and oxygen atoms in total. The SMILES string of the molecule is CC#[N+][O-]. The van der Waals surface area contributed by atoms with Gasteiger partial charge in [0.2, 0.25) is 0 Å². The minimum atomic E-state index is 1.45. The van der Waals surface area contributed by atoms with Gasteiger partial charge in [-0.05, 0) is 0 Å². The van der Waals surface area contributed by atoms with Crippen LogP contribution in [0.1, 0.15) is 6.92 Å². The van der Waals surface area contributed by atoms with Crippen molar-refractivity contribution in [2.75, 3.05) is 0 Å². The molecule has 0 aliphatic carbocycles. The van der Waals surface area contributed by atoms with E-state index >= 15 is 0 Å². The molecule has 0 atom stereocenters. The summed E-state index contributed by atoms with van der Waals surface area (Å²) in [7, 11) is 0. The van der Waals surface area contributed by atoms with Gasteiger partial charge in [0, 0.05) is 5.01 Å². The lowest BCUT2D eigenvalue weighted by atomic mass is 11.0. The molecule has 0 radical (unpaired) electrons. The molecule has 0 bridgehead atoms. The molecular formula is C2H3NO. The van der Waals surface area contributed by atoms with Crippen LogP contribution < -0.4 is 0 Å². The first-order valence-electron chi connectivity index (χ1n) is 0.906. The molecular weight excluding hydrogens is 54.0 g/mol. The second-order valence-corrected chi connectivity index (χ2v) is 0.315. The Morgan fingerprint density at radius 1 is 2.00 bits per heavy atom. The van der Waals surface area contributed by atoms with E-state index in [1.807, 2.05) is 6.07 Å². The van der Waals surface area contributed by atoms with E-state index in [-0.39, 0.29) is 0 Å². The maximum Gasteiger partial charge on any atom is 0.294 e. The zero-order valence-electron chi connectivity index (χ0n) is 2.36. The van der Waals surface area contributed by atoms with Gasteiger partial charge in [-0.1, -0.05) is 0 Å². The molecule has 0 aliphatic rings. The van der Waals surface area contributed by atoms with Crippen molar-refractivity contribution in [2.24, 2.45) is 0 Å². The molecule has 0 unspecified atom stereocenters. The van der Waals surface area contributed by atoms with Crippen molar-refractivity contribution in [2.45, 2.75) is 6.92 Å². The summed E-state index contributed by atoms with van der Waals surface area (Å²) < 4.78 is 0. The molecule has 0 aromatic carbocycles. The van der Waals surface area contributed by atoms with Crippen LogP contribution in [0.3, 0.4) is 0 Å². The van der Waals surface area contributed by atoms with E-state index in [9.17, 15) is 0 Å². The van der Waals surface area contributed by atoms with E-state index in [1.54, 1.807) is 0 Å². The lowest BCUT2D eigenvalue weighted by Crippen LogP contribution is -1.21. The smallest absolute Gasteiger partial charge is 0.294 e. The second-order valence-electron chi connectivity index (χ2n) is 0.315. The van der Waals surface area contributed by atoms with Gasteiger partial charge in [0.1, 0.15) is 0 Å². The van der Waals surface area contributed by atoms with E-state index in [2.05, 4.69) is 5.01 Å². The summed E-state index contributed by atoms with van der Waals surface area (Å²) in [4.78, 5) is 0. The topological polar surface area (TPSA) is 27.4 Å². The van der Waals surface area contributed by atoms with Crippen molar-refractivity contribution in [1.82, 2.24) is 0 Å². The highest BCUT2D eigenvalue weighted by atomic mass is 16.4. The normalized spacial score (nSPS) is 3.25. The molecule has 0 rings (SSSR count). The fourth-order valence-corrected chi connectivity index (χ4v) is 0. The lowest BCUT2D eigenvalue weighted by molar-refractivity contribution is 1.88. The van der Waals surface area contributed by atoms with Crippen LogP contribution in [0.15, 0.2) is 0 Å². The molecule has 0 aliphatic heterocycles. The van der Waals surface area contributed by atoms with Crippen LogP contribution in [-0.4, -0.2) is 0 Å². The standard InChI is InChI=1S/C2H3NO/c1-2-3-4/h1H3. The highest BCUT2D eigenvalue weighted by Gasteiger charge is 1.42. The van der Waals surface area contributed by atoms with Crippen molar-refractivity contribution in [3.8, 4) is 6.07 Å². The molecule has 22 valence electrons. The Bertz CT molecular complexity index is 42.8. The fourth-order valence-electron chi connectivity index (χ4n) is 0. The third kappa shape index (κ3) is 1.29. The highest BCUT2D eigenvalue weighted by Crippen LogP contribution is 1.46. The number of hydrogen-bond donors (Lipinski definition) is 0. The molecule has 0 aromatic heterocycles. The average Bonchev–Trinajstić information content (AvgIpc) is 1.37. The van der Waals surface area contributed by atoms with Crippen molar-refractivity contribution in [1.29, 1.82) is 0 Å². The van der Waals surface area contributed by atoms with Crippen LogP contribution in [0, 0.1) is 11.3 Å². The Labute approximate surface area is 24.5 Å². The fraction of sp³-hybridized carbons (Fsp3) is 0.500. The number of nitrogens with zero attached hydrogens (tertiary/aromatic N) is 1. The Kier molecular flexibility index (Phi) is 1.88. The Morgan fingerprint density at radius 2 is 2.25 bits per heavy atom. The predicted octanol–water partition coefficient (Wildman–Crippen LogP) is 0.837. The maximum atomic E-state index is 8.81. The summed E-state index contributed by atoms with van der Waals surface area (Å²) in [5.41, 5.74) is 0. The maximum absolute atomic E-state index is 8.81. The molecule has 0 amide bonds. The quantitative estimate of drug-likeness (QED) is 0.378. The zero-order chi connectivity index (χ0) is 3.41. The average molecular weight is 57.1 g/mol. The second kappa shape index (κ2) is 2.29. The van der Waals surface area contributed by atoms with Gasteiger partial charge in [0.15, 0.2) is 0 Å². The Hall–Kier alpha value is -0.710. The molecule has 4 heavy (non-hydrogen) atoms. The Morgan fingerprint density at radius 3 is 2.25 bits per heavy atom. The molecule has 0 N–H and O–H groups in total. The third-order valence-corrected chi connectivity index (χ3v) is 0.0913. The summed E-state index contributed by atoms with van der Waals surface area (Å²) in [6, 6.07) is 2.00. The molecule has 0 saturated carbocycles. The molecule has 0 spiro atoms. The van der Waals surface area contributed by atoms with Gasteiger partial charge in [0.25, 0.3) is 6.07 Å². The Balaban J connectivity index is 2.83. The van der Waals surface area contributed by atoms with Gasteiger partial charge >= 0.3 is 0 Å². The number of rotatable bonds is 0. The zero-order valence-corrected chi connectivity index (χ0v) is 2.36. The van der Waals surface area contributed by atoms with Crippen LogP contribution in [0.2, 0.25) is 0 Å². The van der Waals surface area contributed by atoms with Crippen LogP contribution >= 0.6 is 0 Å². The van der Waals surface area contributed by atoms with Crippen molar-refractivity contribution < 1.29 is 0 Å². The van der Waals surface area contributed by atoms with Gasteiger partial charge in [0.05, 0.1) is 6.92 Å². The summed E-state index contributed by atoms with van der Waals surface area (Å²) >= 11 is 0. The van der Waals surface area contributed by atoms with E-state index in [0.717, 1.165) is 0 Å². The van der Waals surface area contributed by atoms with Crippen LogP contribution in [0.4, 0.5) is 0 Å². The van der Waals surface area contributed by atoms with E-state index in [1.165, 1.54) is 6.92 Å². The van der Waals surface area contributed by atoms with Crippen molar-refractivity contribution in [3.63, 3.8) is 0 Å². The first-order valence-corrected chi connectivity index (χ1v) is 0.906. The van der Waals surface area contributed by atoms with Crippen LogP contribution in [0.25, 0.3) is 5.01 Å². The van der Waals surface area contributed by atoms with E-state index < -0.39 is 0 Å². The van der Waals surface area contributed by atoms with Crippen molar-refractivity contribution >= 4 is 0 Å². The summed E-state index contributed by atoms with van der Waals surface area (Å²) in [6.45, 7) is 1.45. The minimum Gasteiger partial charge on any atom is -0.498 e. The molecule has 0 heterocycles. The molecule has 2 heteroatoms. The summed E-state index contributed by atoms with van der Waals surface area (Å²) in [5.74, 6) is 0. The van der Waals surface area contributed by atoms with Gasteiger partial charge in [-0.25, -0.2) is 0 Å². The van der Waals surface area contributed by atoms with Crippen LogP contribution in [-0.2, 0) is 0 Å². The van der Waals surface area contributed by atoms with E-state index in [0.29, 0.717) is 0 Å². The van der Waals surface area contributed by atoms with Gasteiger partial charge in [-0.15, -0.1) is 0 Å². The number of hydrogen-bond acceptors (Lipinski definition) is 1. The van der Waals surface area contributed by atoms with Crippen molar-refractivity contribution in [3.05, 3.63) is 10.2 Å². The van der Waals surface area contributed by atoms with Gasteiger partial charge in [-0.2, -0.15) is 0 Å². The molecule has 0 aromatic rings. The van der Waals surface area contributed by atoms with Gasteiger partial charge < -0.3 is 5.21 Å². The molecule has 0 fully saturated rings. The van der Waals surface area contributed by atoms with E-state index in [4.69, 9.17) is 5.21 Å². The van der Waals surface area contributed by atoms with Gasteiger partial charge in [-0.3, -0.25) is 0 Å². The summed E-state index contributed by atoms with van der Waals surface area (Å²) in [6.07, 6.45) is 0. The lowest BCUT2D eigenvalue weighted by Gasteiger charge is -1.41. The largest absolute Gasteiger partial charge is 0.498 e. The minimum absolute atomic E-state index is 1.45. The first kappa shape index (κ1) is 3.29. The monoisotopic (exact) mass is 57.0 g/mol. The van der Waals surface area contributed by atoms with Crippen LogP contribution in [0.5, 0.6) is 0 Å². The highest BCUT2D eigenvalue weighted by molar-refractivity contribution is 4.79.